The monoisotopic (exact) mass is 794 g/mol. The van der Waals surface area contributed by atoms with Crippen molar-refractivity contribution in [3.63, 3.8) is 0 Å². The molecule has 0 amide bonds. The quantitative estimate of drug-likeness (QED) is 0.160. The minimum Gasteiger partial charge on any atom is -0.388 e. The summed E-state index contributed by atoms with van der Waals surface area (Å²) in [7, 11) is 4.26. The first-order chi connectivity index (χ1) is 27.9. The maximum Gasteiger partial charge on any atom is 0.0503 e. The molecule has 318 valence electrons. The summed E-state index contributed by atoms with van der Waals surface area (Å²) in [5, 5.41) is 7.42. The van der Waals surface area contributed by atoms with E-state index in [1.165, 1.54) is 74.2 Å². The molecule has 1 saturated carbocycles. The van der Waals surface area contributed by atoms with Gasteiger partial charge in [-0.15, -0.1) is 0 Å². The van der Waals surface area contributed by atoms with Crippen molar-refractivity contribution in [3.05, 3.63) is 172 Å². The molecule has 1 fully saturated rings. The van der Waals surface area contributed by atoms with E-state index in [4.69, 9.17) is 6.58 Å². The summed E-state index contributed by atoms with van der Waals surface area (Å²) in [5.41, 5.74) is 16.6. The molecule has 0 radical (unpaired) electrons. The van der Waals surface area contributed by atoms with Gasteiger partial charge >= 0.3 is 0 Å². The normalized spacial score (nSPS) is 19.0. The highest BCUT2D eigenvalue weighted by atomic mass is 15.1. The smallest absolute Gasteiger partial charge is 0.0503 e. The number of nitrogens with zero attached hydrogens (tertiary/aromatic N) is 1. The van der Waals surface area contributed by atoms with Gasteiger partial charge in [-0.25, -0.2) is 0 Å². The first-order valence-corrected chi connectivity index (χ1v) is 22.6. The summed E-state index contributed by atoms with van der Waals surface area (Å²) in [6.07, 6.45) is 16.8. The fraction of sp³-hybridized carbons (Fsp3) is 0.464. The van der Waals surface area contributed by atoms with E-state index >= 15 is 0 Å². The van der Waals surface area contributed by atoms with Crippen LogP contribution in [0.25, 0.3) is 0 Å². The van der Waals surface area contributed by atoms with Crippen molar-refractivity contribution in [1.82, 2.24) is 10.6 Å². The molecule has 3 aromatic rings. The van der Waals surface area contributed by atoms with Crippen LogP contribution in [0.4, 0.5) is 5.69 Å². The molecule has 2 atom stereocenters. The number of fused-ring (bicyclic) bond motifs is 6. The molecular weight excluding hydrogens is 715 g/mol. The average Bonchev–Trinajstić information content (AvgIpc) is 3.32. The molecule has 0 aliphatic heterocycles. The van der Waals surface area contributed by atoms with Gasteiger partial charge in [-0.2, -0.15) is 0 Å². The predicted octanol–water partition coefficient (Wildman–Crippen LogP) is 14.1. The van der Waals surface area contributed by atoms with Gasteiger partial charge in [-0.3, -0.25) is 0 Å². The summed E-state index contributed by atoms with van der Waals surface area (Å²) in [5.74, 6) is 0. The Bertz CT molecular complexity index is 2050. The molecule has 3 nitrogen and oxygen atoms in total. The molecule has 3 heteroatoms. The molecule has 0 saturated heterocycles. The number of allylic oxidation sites excluding steroid dienone is 7. The molecule has 3 aromatic carbocycles. The second kappa shape index (κ2) is 19.7. The van der Waals surface area contributed by atoms with E-state index in [9.17, 15) is 0 Å². The first-order valence-electron chi connectivity index (χ1n) is 22.6. The lowest BCUT2D eigenvalue weighted by atomic mass is 9.63. The standard InChI is InChI=1S/C52H67N3.2C2H6/c1-36-16-19-41(20-17-36)24-29-53-39(4)50(8,9)26-14-25-49(6,7)28-30-54-40(5)51(10)27-13-15-48-45(35-51)38(3)34-52(48)46-22-18-37(2)31-42(46)32-43-33-44(55(11)12)21-23-47(43)52;2*1-2/h13,15-23,27,31,33,35,53-54H,3-5,14,24-26,28-30,32,34H2,1-2,6-12H3;2*1-2H3. The molecule has 1 spiro atoms. The number of hydrogen-bond acceptors (Lipinski definition) is 3. The molecule has 2 unspecified atom stereocenters. The minimum absolute atomic E-state index is 0.0510. The van der Waals surface area contributed by atoms with Crippen molar-refractivity contribution in [2.45, 2.75) is 127 Å². The third-order valence-corrected chi connectivity index (χ3v) is 13.1. The molecule has 3 aliphatic carbocycles. The van der Waals surface area contributed by atoms with Crippen molar-refractivity contribution in [2.75, 3.05) is 32.1 Å². The van der Waals surface area contributed by atoms with Crippen molar-refractivity contribution >= 4 is 5.69 Å². The van der Waals surface area contributed by atoms with Gasteiger partial charge in [0.15, 0.2) is 0 Å². The fourth-order valence-corrected chi connectivity index (χ4v) is 9.14. The number of benzene rings is 3. The van der Waals surface area contributed by atoms with Crippen LogP contribution >= 0.6 is 0 Å². The Hall–Kier alpha value is -4.50. The van der Waals surface area contributed by atoms with Crippen LogP contribution in [0.15, 0.2) is 133 Å². The summed E-state index contributed by atoms with van der Waals surface area (Å²) in [6.45, 7) is 39.8. The predicted molar refractivity (Wildman–Crippen MR) is 261 cm³/mol. The lowest BCUT2D eigenvalue weighted by Gasteiger charge is -2.40. The number of aryl methyl sites for hydroxylation is 2. The van der Waals surface area contributed by atoms with Crippen molar-refractivity contribution in [1.29, 1.82) is 0 Å². The summed E-state index contributed by atoms with van der Waals surface area (Å²) in [4.78, 5) is 2.21. The molecule has 0 heterocycles. The number of hydrogen-bond donors (Lipinski definition) is 2. The number of anilines is 1. The average molecular weight is 794 g/mol. The van der Waals surface area contributed by atoms with E-state index in [-0.39, 0.29) is 21.7 Å². The van der Waals surface area contributed by atoms with Crippen LogP contribution in [0.3, 0.4) is 0 Å². The van der Waals surface area contributed by atoms with E-state index in [1.54, 1.807) is 0 Å². The van der Waals surface area contributed by atoms with E-state index in [2.05, 4.69) is 176 Å². The first kappa shape index (κ1) is 47.2. The minimum atomic E-state index is -0.342. The van der Waals surface area contributed by atoms with E-state index in [1.807, 2.05) is 27.7 Å². The van der Waals surface area contributed by atoms with E-state index in [0.29, 0.717) is 0 Å². The molecule has 0 aromatic heterocycles. The zero-order valence-corrected chi connectivity index (χ0v) is 39.5. The Balaban J connectivity index is 0.00000186. The van der Waals surface area contributed by atoms with Crippen LogP contribution in [-0.2, 0) is 18.3 Å². The Morgan fingerprint density at radius 2 is 1.41 bits per heavy atom. The molecular formula is C56H79N3. The van der Waals surface area contributed by atoms with Crippen molar-refractivity contribution in [3.8, 4) is 0 Å². The maximum atomic E-state index is 4.74. The number of nitrogens with one attached hydrogen (secondary N) is 2. The molecule has 59 heavy (non-hydrogen) atoms. The fourth-order valence-electron chi connectivity index (χ4n) is 9.14. The second-order valence-corrected chi connectivity index (χ2v) is 18.7. The summed E-state index contributed by atoms with van der Waals surface area (Å²) in [6, 6.07) is 23.0. The largest absolute Gasteiger partial charge is 0.388 e. The molecule has 2 N–H and O–H groups in total. The lowest BCUT2D eigenvalue weighted by molar-refractivity contribution is 0.266. The number of rotatable bonds is 15. The second-order valence-electron chi connectivity index (χ2n) is 18.7. The Morgan fingerprint density at radius 3 is 2.07 bits per heavy atom. The molecule has 6 rings (SSSR count). The third kappa shape index (κ3) is 10.6. The van der Waals surface area contributed by atoms with Gasteiger partial charge < -0.3 is 15.5 Å². The topological polar surface area (TPSA) is 27.3 Å². The summed E-state index contributed by atoms with van der Waals surface area (Å²) < 4.78 is 0. The highest BCUT2D eigenvalue weighted by molar-refractivity contribution is 5.74. The zero-order valence-electron chi connectivity index (χ0n) is 39.5. The van der Waals surface area contributed by atoms with Crippen LogP contribution in [-0.4, -0.2) is 27.2 Å². The van der Waals surface area contributed by atoms with E-state index < -0.39 is 0 Å². The molecule has 0 bridgehead atoms. The third-order valence-electron chi connectivity index (χ3n) is 13.1. The van der Waals surface area contributed by atoms with Gasteiger partial charge in [-0.05, 0) is 121 Å². The molecule has 3 aliphatic rings. The van der Waals surface area contributed by atoms with Crippen LogP contribution < -0.4 is 15.5 Å². The van der Waals surface area contributed by atoms with Gasteiger partial charge in [0.1, 0.15) is 0 Å². The van der Waals surface area contributed by atoms with Crippen molar-refractivity contribution < 1.29 is 0 Å². The van der Waals surface area contributed by atoms with Crippen LogP contribution in [0.1, 0.15) is 133 Å². The van der Waals surface area contributed by atoms with Gasteiger partial charge in [0, 0.05) is 55.1 Å². The zero-order chi connectivity index (χ0) is 43.8. The highest BCUT2D eigenvalue weighted by Gasteiger charge is 2.50. The maximum absolute atomic E-state index is 4.74. The van der Waals surface area contributed by atoms with Crippen LogP contribution in [0.5, 0.6) is 0 Å². The van der Waals surface area contributed by atoms with Gasteiger partial charge in [-0.1, -0.05) is 166 Å². The summed E-state index contributed by atoms with van der Waals surface area (Å²) >= 11 is 0. The van der Waals surface area contributed by atoms with Gasteiger partial charge in [0.2, 0.25) is 0 Å². The lowest BCUT2D eigenvalue weighted by Crippen LogP contribution is -2.33. The van der Waals surface area contributed by atoms with Gasteiger partial charge in [0.25, 0.3) is 0 Å². The Labute approximate surface area is 361 Å². The SMILES string of the molecule is C=C1CC2(C3=CC=CC(C)(C(=C)NCCC(C)(C)CCCC(C)(C)C(=C)NCCc4ccc(C)cc4)C=C13)c1ccc(C)cc1Cc1cc(N(C)C)ccc12.CC.CC. The van der Waals surface area contributed by atoms with E-state index in [0.717, 1.165) is 56.6 Å². The van der Waals surface area contributed by atoms with Crippen LogP contribution in [0, 0.1) is 30.1 Å². The Morgan fingerprint density at radius 1 is 0.780 bits per heavy atom. The van der Waals surface area contributed by atoms with Crippen LogP contribution in [0.2, 0.25) is 0 Å². The van der Waals surface area contributed by atoms with Gasteiger partial charge in [0.05, 0.1) is 5.41 Å². The van der Waals surface area contributed by atoms with Crippen molar-refractivity contribution in [2.24, 2.45) is 16.2 Å². The Kier molecular flexibility index (Phi) is 15.8. The highest BCUT2D eigenvalue weighted by Crippen LogP contribution is 2.59.